The quantitative estimate of drug-likeness (QED) is 0.916. The number of rotatable bonds is 2. The molecule has 2 aromatic carbocycles. The summed E-state index contributed by atoms with van der Waals surface area (Å²) in [6.45, 7) is 0. The summed E-state index contributed by atoms with van der Waals surface area (Å²) in [5.74, 6) is -2.35. The van der Waals surface area contributed by atoms with E-state index in [4.69, 9.17) is 16.9 Å². The number of anilines is 1. The first-order valence-corrected chi connectivity index (χ1v) is 5.85. The van der Waals surface area contributed by atoms with E-state index in [1.165, 1.54) is 24.3 Å². The lowest BCUT2D eigenvalue weighted by atomic mass is 10.1. The van der Waals surface area contributed by atoms with Gasteiger partial charge in [0.2, 0.25) is 0 Å². The van der Waals surface area contributed by atoms with Crippen LogP contribution >= 0.6 is 11.6 Å². The summed E-state index contributed by atoms with van der Waals surface area (Å²) >= 11 is 5.59. The molecule has 0 unspecified atom stereocenters. The van der Waals surface area contributed by atoms with E-state index >= 15 is 0 Å². The fourth-order valence-electron chi connectivity index (χ4n) is 1.61. The fourth-order valence-corrected chi connectivity index (χ4v) is 1.76. The highest BCUT2D eigenvalue weighted by atomic mass is 35.5. The van der Waals surface area contributed by atoms with Crippen LogP contribution in [0.5, 0.6) is 0 Å². The number of halogens is 3. The molecule has 0 heterocycles. The molecule has 0 saturated heterocycles. The number of benzene rings is 2. The van der Waals surface area contributed by atoms with E-state index < -0.39 is 17.5 Å². The van der Waals surface area contributed by atoms with Gasteiger partial charge in [-0.15, -0.1) is 0 Å². The monoisotopic (exact) mass is 292 g/mol. The minimum atomic E-state index is -0.801. The largest absolute Gasteiger partial charge is 0.321 e. The summed E-state index contributed by atoms with van der Waals surface area (Å²) in [7, 11) is 0. The smallest absolute Gasteiger partial charge is 0.258 e. The zero-order chi connectivity index (χ0) is 14.7. The van der Waals surface area contributed by atoms with Gasteiger partial charge in [-0.05, 0) is 30.3 Å². The maximum absolute atomic E-state index is 13.6. The van der Waals surface area contributed by atoms with E-state index in [1.54, 1.807) is 6.07 Å². The molecule has 0 aliphatic rings. The van der Waals surface area contributed by atoms with Crippen LogP contribution in [-0.4, -0.2) is 5.91 Å². The predicted molar refractivity (Wildman–Crippen MR) is 70.5 cm³/mol. The average Bonchev–Trinajstić information content (AvgIpc) is 2.38. The summed E-state index contributed by atoms with van der Waals surface area (Å²) in [6.07, 6.45) is 0. The molecular formula is C14H7ClF2N2O. The standard InChI is InChI=1S/C14H7ClF2N2O/c15-8-4-5-9(12(17)6-8)14(20)19-13-3-1-2-11(16)10(13)7-18/h1-6H,(H,19,20). The summed E-state index contributed by atoms with van der Waals surface area (Å²) in [5, 5.41) is 11.3. The van der Waals surface area contributed by atoms with Crippen LogP contribution in [0.2, 0.25) is 5.02 Å². The molecule has 1 N–H and O–H groups in total. The third-order valence-corrected chi connectivity index (χ3v) is 2.78. The highest BCUT2D eigenvalue weighted by Crippen LogP contribution is 2.20. The van der Waals surface area contributed by atoms with Crippen LogP contribution in [0.15, 0.2) is 36.4 Å². The van der Waals surface area contributed by atoms with Crippen molar-refractivity contribution in [1.82, 2.24) is 0 Å². The number of carbonyl (C=O) groups excluding carboxylic acids is 1. The van der Waals surface area contributed by atoms with Crippen molar-refractivity contribution in [3.05, 3.63) is 64.2 Å². The lowest BCUT2D eigenvalue weighted by Gasteiger charge is -2.08. The lowest BCUT2D eigenvalue weighted by Crippen LogP contribution is -2.15. The van der Waals surface area contributed by atoms with Crippen LogP contribution < -0.4 is 5.32 Å². The fraction of sp³-hybridized carbons (Fsp3) is 0. The van der Waals surface area contributed by atoms with Crippen LogP contribution in [0.25, 0.3) is 0 Å². The van der Waals surface area contributed by atoms with Gasteiger partial charge in [0.15, 0.2) is 0 Å². The van der Waals surface area contributed by atoms with E-state index in [0.29, 0.717) is 0 Å². The van der Waals surface area contributed by atoms with Gasteiger partial charge in [-0.3, -0.25) is 4.79 Å². The number of hydrogen-bond acceptors (Lipinski definition) is 2. The molecular weight excluding hydrogens is 286 g/mol. The molecule has 0 atom stereocenters. The first-order valence-electron chi connectivity index (χ1n) is 5.48. The SMILES string of the molecule is N#Cc1c(F)cccc1NC(=O)c1ccc(Cl)cc1F. The van der Waals surface area contributed by atoms with E-state index in [2.05, 4.69) is 5.32 Å². The maximum atomic E-state index is 13.6. The molecule has 2 aromatic rings. The third-order valence-electron chi connectivity index (χ3n) is 2.55. The van der Waals surface area contributed by atoms with Crippen molar-refractivity contribution in [3.8, 4) is 6.07 Å². The summed E-state index contributed by atoms with van der Waals surface area (Å²) in [5.41, 5.74) is -0.579. The normalized spacial score (nSPS) is 9.90. The predicted octanol–water partition coefficient (Wildman–Crippen LogP) is 3.74. The number of nitriles is 1. The van der Waals surface area contributed by atoms with Gasteiger partial charge in [0.25, 0.3) is 5.91 Å². The van der Waals surface area contributed by atoms with Crippen molar-refractivity contribution < 1.29 is 13.6 Å². The van der Waals surface area contributed by atoms with Crippen LogP contribution in [0.1, 0.15) is 15.9 Å². The van der Waals surface area contributed by atoms with E-state index in [9.17, 15) is 13.6 Å². The van der Waals surface area contributed by atoms with Gasteiger partial charge < -0.3 is 5.32 Å². The molecule has 100 valence electrons. The molecule has 20 heavy (non-hydrogen) atoms. The topological polar surface area (TPSA) is 52.9 Å². The van der Waals surface area contributed by atoms with Crippen molar-refractivity contribution >= 4 is 23.2 Å². The molecule has 0 aliphatic heterocycles. The summed E-state index contributed by atoms with van der Waals surface area (Å²) < 4.78 is 27.0. The van der Waals surface area contributed by atoms with E-state index in [-0.39, 0.29) is 21.8 Å². The Balaban J connectivity index is 2.33. The molecule has 3 nitrogen and oxygen atoms in total. The Bertz CT molecular complexity index is 726. The highest BCUT2D eigenvalue weighted by Gasteiger charge is 2.15. The Morgan fingerprint density at radius 2 is 1.95 bits per heavy atom. The molecule has 0 radical (unpaired) electrons. The zero-order valence-electron chi connectivity index (χ0n) is 9.95. The number of nitrogens with one attached hydrogen (secondary N) is 1. The van der Waals surface area contributed by atoms with Crippen molar-refractivity contribution in [2.24, 2.45) is 0 Å². The second-order valence-electron chi connectivity index (χ2n) is 3.85. The Kier molecular flexibility index (Phi) is 3.97. The van der Waals surface area contributed by atoms with Gasteiger partial charge in [0.05, 0.1) is 11.3 Å². The number of nitrogens with zero attached hydrogens (tertiary/aromatic N) is 1. The molecule has 0 bridgehead atoms. The Morgan fingerprint density at radius 1 is 1.20 bits per heavy atom. The van der Waals surface area contributed by atoms with Gasteiger partial charge in [-0.1, -0.05) is 17.7 Å². The first-order chi connectivity index (χ1) is 9.52. The molecule has 0 spiro atoms. The van der Waals surface area contributed by atoms with Crippen molar-refractivity contribution in [2.75, 3.05) is 5.32 Å². The van der Waals surface area contributed by atoms with Crippen molar-refractivity contribution in [2.45, 2.75) is 0 Å². The minimum absolute atomic E-state index is 0.0214. The van der Waals surface area contributed by atoms with Gasteiger partial charge in [0, 0.05) is 5.02 Å². The molecule has 1 amide bonds. The molecule has 0 saturated carbocycles. The van der Waals surface area contributed by atoms with Gasteiger partial charge in [-0.2, -0.15) is 5.26 Å². The average molecular weight is 293 g/mol. The molecule has 0 fully saturated rings. The lowest BCUT2D eigenvalue weighted by molar-refractivity contribution is 0.102. The second kappa shape index (κ2) is 5.68. The van der Waals surface area contributed by atoms with Crippen LogP contribution in [-0.2, 0) is 0 Å². The molecule has 2 rings (SSSR count). The van der Waals surface area contributed by atoms with E-state index in [0.717, 1.165) is 12.1 Å². The Morgan fingerprint density at radius 3 is 2.60 bits per heavy atom. The Labute approximate surface area is 118 Å². The highest BCUT2D eigenvalue weighted by molar-refractivity contribution is 6.30. The zero-order valence-corrected chi connectivity index (χ0v) is 10.7. The van der Waals surface area contributed by atoms with Gasteiger partial charge in [-0.25, -0.2) is 8.78 Å². The molecule has 6 heteroatoms. The summed E-state index contributed by atoms with van der Waals surface area (Å²) in [4.78, 5) is 11.9. The number of amides is 1. The molecule has 0 aliphatic carbocycles. The number of carbonyl (C=O) groups is 1. The third kappa shape index (κ3) is 2.76. The summed E-state index contributed by atoms with van der Waals surface area (Å²) in [6, 6.07) is 8.98. The van der Waals surface area contributed by atoms with Crippen LogP contribution in [0.3, 0.4) is 0 Å². The minimum Gasteiger partial charge on any atom is -0.321 e. The second-order valence-corrected chi connectivity index (χ2v) is 4.29. The number of hydrogen-bond donors (Lipinski definition) is 1. The van der Waals surface area contributed by atoms with Gasteiger partial charge in [0.1, 0.15) is 23.3 Å². The maximum Gasteiger partial charge on any atom is 0.258 e. The Hall–Kier alpha value is -2.45. The van der Waals surface area contributed by atoms with E-state index in [1.807, 2.05) is 0 Å². The molecule has 0 aromatic heterocycles. The van der Waals surface area contributed by atoms with Crippen molar-refractivity contribution in [3.63, 3.8) is 0 Å². The van der Waals surface area contributed by atoms with Crippen LogP contribution in [0, 0.1) is 23.0 Å². The van der Waals surface area contributed by atoms with Gasteiger partial charge >= 0.3 is 0 Å². The van der Waals surface area contributed by atoms with Crippen LogP contribution in [0.4, 0.5) is 14.5 Å². The van der Waals surface area contributed by atoms with Crippen molar-refractivity contribution in [1.29, 1.82) is 5.26 Å². The first kappa shape index (κ1) is 14.0.